The molecule has 0 aliphatic carbocycles. The summed E-state index contributed by atoms with van der Waals surface area (Å²) in [6, 6.07) is 4.73. The first-order valence-electron chi connectivity index (χ1n) is 8.23. The molecule has 2 aromatic rings. The van der Waals surface area contributed by atoms with Gasteiger partial charge in [-0.25, -0.2) is 9.18 Å². The lowest BCUT2D eigenvalue weighted by Gasteiger charge is -2.17. The van der Waals surface area contributed by atoms with Crippen molar-refractivity contribution in [2.45, 2.75) is 25.9 Å². The number of carbonyl (C=O) groups is 1. The fraction of sp³-hybridized carbons (Fsp3) is 0.353. The molecule has 28 heavy (non-hydrogen) atoms. The molecular formula is C17H17BrFN3O6. The van der Waals surface area contributed by atoms with Gasteiger partial charge in [0.2, 0.25) is 6.79 Å². The van der Waals surface area contributed by atoms with Crippen LogP contribution in [0.4, 0.5) is 10.2 Å². The second-order valence-corrected chi connectivity index (χ2v) is 6.75. The van der Waals surface area contributed by atoms with Crippen LogP contribution in [0.1, 0.15) is 17.3 Å². The maximum Gasteiger partial charge on any atom is 0.351 e. The second-order valence-electron chi connectivity index (χ2n) is 5.90. The molecule has 9 nitrogen and oxygen atoms in total. The third kappa shape index (κ3) is 4.32. The molecule has 0 radical (unpaired) electrons. The minimum absolute atomic E-state index is 0.00981. The Labute approximate surface area is 167 Å². The van der Waals surface area contributed by atoms with Gasteiger partial charge >= 0.3 is 5.69 Å². The summed E-state index contributed by atoms with van der Waals surface area (Å²) in [5.41, 5.74) is -0.463. The van der Waals surface area contributed by atoms with Crippen molar-refractivity contribution in [3.8, 4) is 11.5 Å². The van der Waals surface area contributed by atoms with Crippen molar-refractivity contribution in [2.24, 2.45) is 0 Å². The number of amides is 1. The van der Waals surface area contributed by atoms with Crippen LogP contribution in [0, 0.1) is 0 Å². The fourth-order valence-electron chi connectivity index (χ4n) is 2.37. The van der Waals surface area contributed by atoms with Crippen molar-refractivity contribution in [3.05, 3.63) is 44.9 Å². The number of ether oxygens (including phenoxy) is 3. The van der Waals surface area contributed by atoms with Crippen LogP contribution in [0.5, 0.6) is 11.5 Å². The molecule has 1 aromatic heterocycles. The van der Waals surface area contributed by atoms with Crippen LogP contribution in [-0.2, 0) is 11.5 Å². The quantitative estimate of drug-likeness (QED) is 0.650. The van der Waals surface area contributed by atoms with Gasteiger partial charge < -0.3 is 24.6 Å². The SMILES string of the molecule is CC(OCn1ccc(NC(=O)c2c(Br)ccc3c2OCO3)nc1=O)[C@H](O)CF. The second kappa shape index (κ2) is 8.67. The van der Waals surface area contributed by atoms with Crippen LogP contribution in [0.2, 0.25) is 0 Å². The Kier molecular flexibility index (Phi) is 6.27. The summed E-state index contributed by atoms with van der Waals surface area (Å²) in [4.78, 5) is 28.5. The number of aliphatic hydroxyl groups is 1. The van der Waals surface area contributed by atoms with Crippen molar-refractivity contribution in [3.63, 3.8) is 0 Å². The molecule has 1 unspecified atom stereocenters. The van der Waals surface area contributed by atoms with Gasteiger partial charge in [0, 0.05) is 10.7 Å². The van der Waals surface area contributed by atoms with Crippen LogP contribution in [0.3, 0.4) is 0 Å². The third-order valence-corrected chi connectivity index (χ3v) is 4.67. The van der Waals surface area contributed by atoms with Crippen molar-refractivity contribution in [1.82, 2.24) is 9.55 Å². The minimum Gasteiger partial charge on any atom is -0.454 e. The lowest BCUT2D eigenvalue weighted by atomic mass is 10.1. The lowest BCUT2D eigenvalue weighted by Crippen LogP contribution is -2.32. The average molecular weight is 458 g/mol. The number of nitrogens with one attached hydrogen (secondary N) is 1. The van der Waals surface area contributed by atoms with Crippen LogP contribution in [0.15, 0.2) is 33.7 Å². The number of rotatable bonds is 7. The average Bonchev–Trinajstić information content (AvgIpc) is 3.14. The number of aromatic nitrogens is 2. The molecule has 0 fully saturated rings. The van der Waals surface area contributed by atoms with E-state index >= 15 is 0 Å². The minimum atomic E-state index is -1.28. The topological polar surface area (TPSA) is 112 Å². The summed E-state index contributed by atoms with van der Waals surface area (Å²) < 4.78 is 29.8. The van der Waals surface area contributed by atoms with Crippen LogP contribution < -0.4 is 20.5 Å². The number of benzene rings is 1. The van der Waals surface area contributed by atoms with E-state index in [4.69, 9.17) is 14.2 Å². The number of nitrogens with zero attached hydrogens (tertiary/aromatic N) is 2. The first kappa shape index (κ1) is 20.2. The first-order chi connectivity index (χ1) is 13.4. The highest BCUT2D eigenvalue weighted by Gasteiger charge is 2.25. The Balaban J connectivity index is 1.71. The maximum atomic E-state index is 12.6. The molecule has 1 amide bonds. The van der Waals surface area contributed by atoms with E-state index in [9.17, 15) is 19.1 Å². The molecule has 150 valence electrons. The van der Waals surface area contributed by atoms with Gasteiger partial charge in [0.05, 0.1) is 11.7 Å². The predicted octanol–water partition coefficient (Wildman–Crippen LogP) is 1.68. The maximum absolute atomic E-state index is 12.6. The molecule has 2 N–H and O–H groups in total. The number of aliphatic hydroxyl groups excluding tert-OH is 1. The van der Waals surface area contributed by atoms with Crippen LogP contribution in [0.25, 0.3) is 0 Å². The van der Waals surface area contributed by atoms with E-state index < -0.39 is 30.5 Å². The van der Waals surface area contributed by atoms with Gasteiger partial charge in [-0.15, -0.1) is 0 Å². The summed E-state index contributed by atoms with van der Waals surface area (Å²) in [5, 5.41) is 11.9. The van der Waals surface area contributed by atoms with Gasteiger partial charge in [-0.05, 0) is 41.1 Å². The number of alkyl halides is 1. The molecule has 3 rings (SSSR count). The van der Waals surface area contributed by atoms with E-state index in [0.717, 1.165) is 4.57 Å². The smallest absolute Gasteiger partial charge is 0.351 e. The zero-order chi connectivity index (χ0) is 20.3. The van der Waals surface area contributed by atoms with E-state index in [0.29, 0.717) is 16.0 Å². The molecular weight excluding hydrogens is 441 g/mol. The molecule has 1 aliphatic heterocycles. The summed E-state index contributed by atoms with van der Waals surface area (Å²) >= 11 is 3.30. The van der Waals surface area contributed by atoms with Crippen molar-refractivity contribution in [1.29, 1.82) is 0 Å². The monoisotopic (exact) mass is 457 g/mol. The Morgan fingerprint density at radius 3 is 2.96 bits per heavy atom. The number of fused-ring (bicyclic) bond motifs is 1. The van der Waals surface area contributed by atoms with Gasteiger partial charge in [0.15, 0.2) is 11.5 Å². The van der Waals surface area contributed by atoms with Crippen LogP contribution in [-0.4, -0.2) is 46.2 Å². The van der Waals surface area contributed by atoms with Gasteiger partial charge in [-0.2, -0.15) is 4.98 Å². The molecule has 2 atom stereocenters. The number of hydrogen-bond acceptors (Lipinski definition) is 7. The summed E-state index contributed by atoms with van der Waals surface area (Å²) in [6.45, 7) is 0.323. The van der Waals surface area contributed by atoms with Gasteiger partial charge in [0.1, 0.15) is 25.3 Å². The molecule has 0 saturated heterocycles. The summed E-state index contributed by atoms with van der Waals surface area (Å²) in [7, 11) is 0. The van der Waals surface area contributed by atoms with E-state index in [1.807, 2.05) is 0 Å². The predicted molar refractivity (Wildman–Crippen MR) is 99.2 cm³/mol. The van der Waals surface area contributed by atoms with Crippen molar-refractivity contribution in [2.75, 3.05) is 18.8 Å². The molecule has 0 spiro atoms. The number of anilines is 1. The van der Waals surface area contributed by atoms with E-state index in [-0.39, 0.29) is 24.9 Å². The van der Waals surface area contributed by atoms with E-state index in [1.54, 1.807) is 12.1 Å². The van der Waals surface area contributed by atoms with Crippen LogP contribution >= 0.6 is 15.9 Å². The molecule has 11 heteroatoms. The standard InChI is InChI=1S/C17H17BrFN3O6/c1-9(11(23)6-19)26-7-22-5-4-13(21-17(22)25)20-16(24)14-10(18)2-3-12-15(14)28-8-27-12/h2-5,9,11,23H,6-8H2,1H3,(H,20,21,24,25)/t9?,11-/m1/s1. The molecule has 0 saturated carbocycles. The molecule has 1 aliphatic rings. The third-order valence-electron chi connectivity index (χ3n) is 4.01. The Morgan fingerprint density at radius 1 is 1.46 bits per heavy atom. The zero-order valence-electron chi connectivity index (χ0n) is 14.7. The largest absolute Gasteiger partial charge is 0.454 e. The number of carbonyl (C=O) groups excluding carboxylic acids is 1. The summed E-state index contributed by atoms with van der Waals surface area (Å²) in [6.07, 6.45) is -0.709. The van der Waals surface area contributed by atoms with Gasteiger partial charge in [0.25, 0.3) is 5.91 Å². The highest BCUT2D eigenvalue weighted by atomic mass is 79.9. The van der Waals surface area contributed by atoms with E-state index in [2.05, 4.69) is 26.2 Å². The van der Waals surface area contributed by atoms with Crippen molar-refractivity contribution >= 4 is 27.7 Å². The first-order valence-corrected chi connectivity index (χ1v) is 9.02. The summed E-state index contributed by atoms with van der Waals surface area (Å²) in [5.74, 6) is 0.244. The van der Waals surface area contributed by atoms with Crippen molar-refractivity contribution < 1.29 is 28.5 Å². The zero-order valence-corrected chi connectivity index (χ0v) is 16.3. The fourth-order valence-corrected chi connectivity index (χ4v) is 2.86. The van der Waals surface area contributed by atoms with Gasteiger partial charge in [-0.3, -0.25) is 9.36 Å². The Morgan fingerprint density at radius 2 is 2.25 bits per heavy atom. The number of halogens is 2. The normalized spacial score (nSPS) is 14.6. The Hall–Kier alpha value is -2.50. The highest BCUT2D eigenvalue weighted by molar-refractivity contribution is 9.10. The molecule has 1 aromatic carbocycles. The molecule has 0 bridgehead atoms. The lowest BCUT2D eigenvalue weighted by molar-refractivity contribution is -0.0629. The Bertz CT molecular complexity index is 938. The number of hydrogen-bond donors (Lipinski definition) is 2. The van der Waals surface area contributed by atoms with Gasteiger partial charge in [-0.1, -0.05) is 0 Å². The van der Waals surface area contributed by atoms with E-state index in [1.165, 1.54) is 19.2 Å². The highest BCUT2D eigenvalue weighted by Crippen LogP contribution is 2.39. The molecule has 2 heterocycles.